The van der Waals surface area contributed by atoms with Crippen molar-refractivity contribution in [2.75, 3.05) is 0 Å². The summed E-state index contributed by atoms with van der Waals surface area (Å²) in [6, 6.07) is 12.3. The van der Waals surface area contributed by atoms with Crippen LogP contribution in [0.4, 0.5) is 13.2 Å². The minimum atomic E-state index is -4.46. The quantitative estimate of drug-likeness (QED) is 0.699. The molecule has 26 heavy (non-hydrogen) atoms. The Bertz CT molecular complexity index is 938. The van der Waals surface area contributed by atoms with Crippen molar-refractivity contribution in [3.63, 3.8) is 0 Å². The number of hydrogen-bond donors (Lipinski definition) is 0. The van der Waals surface area contributed by atoms with Crippen LogP contribution >= 0.6 is 0 Å². The molecule has 0 saturated carbocycles. The standard InChI is InChI=1S/C17H14F3N5O/c1-24-9-12(8-21)7-14(24)16-22-15(23-25(16)11-17(18,19)20)10-26-13-5-3-2-4-6-13/h2-7,9H,10-11H2,1H3. The topological polar surface area (TPSA) is 68.7 Å². The Morgan fingerprint density at radius 2 is 1.96 bits per heavy atom. The fourth-order valence-electron chi connectivity index (χ4n) is 2.43. The van der Waals surface area contributed by atoms with Gasteiger partial charge in [-0.05, 0) is 18.2 Å². The van der Waals surface area contributed by atoms with Gasteiger partial charge in [-0.3, -0.25) is 0 Å². The van der Waals surface area contributed by atoms with Gasteiger partial charge in [-0.25, -0.2) is 9.67 Å². The van der Waals surface area contributed by atoms with Crippen molar-refractivity contribution in [1.29, 1.82) is 5.26 Å². The van der Waals surface area contributed by atoms with Crippen LogP contribution in [0.3, 0.4) is 0 Å². The Morgan fingerprint density at radius 3 is 2.58 bits per heavy atom. The lowest BCUT2D eigenvalue weighted by Crippen LogP contribution is -2.20. The fourth-order valence-corrected chi connectivity index (χ4v) is 2.43. The molecule has 134 valence electrons. The van der Waals surface area contributed by atoms with Gasteiger partial charge in [0.1, 0.15) is 25.0 Å². The molecule has 0 radical (unpaired) electrons. The van der Waals surface area contributed by atoms with Crippen LogP contribution in [0.2, 0.25) is 0 Å². The van der Waals surface area contributed by atoms with Gasteiger partial charge in [0.25, 0.3) is 0 Å². The van der Waals surface area contributed by atoms with Gasteiger partial charge in [0.2, 0.25) is 0 Å². The van der Waals surface area contributed by atoms with Crippen molar-refractivity contribution >= 4 is 0 Å². The van der Waals surface area contributed by atoms with Gasteiger partial charge in [-0.15, -0.1) is 0 Å². The predicted octanol–water partition coefficient (Wildman–Crippen LogP) is 3.30. The number of hydrogen-bond acceptors (Lipinski definition) is 4. The van der Waals surface area contributed by atoms with Gasteiger partial charge in [0, 0.05) is 13.2 Å². The number of halogens is 3. The highest BCUT2D eigenvalue weighted by molar-refractivity contribution is 5.55. The second kappa shape index (κ2) is 6.92. The third kappa shape index (κ3) is 4.03. The molecule has 0 aliphatic carbocycles. The number of aryl methyl sites for hydroxylation is 1. The monoisotopic (exact) mass is 361 g/mol. The molecule has 9 heteroatoms. The van der Waals surface area contributed by atoms with Crippen molar-refractivity contribution in [1.82, 2.24) is 19.3 Å². The van der Waals surface area contributed by atoms with E-state index in [4.69, 9.17) is 10.00 Å². The van der Waals surface area contributed by atoms with Crippen molar-refractivity contribution < 1.29 is 17.9 Å². The molecular formula is C17H14F3N5O. The summed E-state index contributed by atoms with van der Waals surface area (Å²) >= 11 is 0. The second-order valence-corrected chi connectivity index (χ2v) is 5.56. The minimum absolute atomic E-state index is 0.0259. The molecule has 3 rings (SSSR count). The molecule has 0 atom stereocenters. The van der Waals surface area contributed by atoms with E-state index in [1.54, 1.807) is 31.3 Å². The Kier molecular flexibility index (Phi) is 4.67. The van der Waals surface area contributed by atoms with Gasteiger partial charge >= 0.3 is 6.18 Å². The Labute approximate surface area is 147 Å². The minimum Gasteiger partial charge on any atom is -0.486 e. The van der Waals surface area contributed by atoms with E-state index in [1.807, 2.05) is 12.1 Å². The smallest absolute Gasteiger partial charge is 0.408 e. The molecular weight excluding hydrogens is 347 g/mol. The number of para-hydroxylation sites is 1. The maximum atomic E-state index is 12.9. The molecule has 0 fully saturated rings. The molecule has 0 N–H and O–H groups in total. The van der Waals surface area contributed by atoms with Crippen LogP contribution in [0.25, 0.3) is 11.5 Å². The van der Waals surface area contributed by atoms with Crippen molar-refractivity contribution in [3.8, 4) is 23.3 Å². The Morgan fingerprint density at radius 1 is 1.23 bits per heavy atom. The summed E-state index contributed by atoms with van der Waals surface area (Å²) in [6.07, 6.45) is -2.94. The van der Waals surface area contributed by atoms with Crippen LogP contribution in [0.1, 0.15) is 11.4 Å². The van der Waals surface area contributed by atoms with Crippen LogP contribution in [0, 0.1) is 11.3 Å². The molecule has 0 aliphatic rings. The van der Waals surface area contributed by atoms with Crippen LogP contribution in [-0.2, 0) is 20.2 Å². The molecule has 2 aromatic heterocycles. The molecule has 0 aliphatic heterocycles. The van der Waals surface area contributed by atoms with E-state index in [9.17, 15) is 13.2 Å². The van der Waals surface area contributed by atoms with Gasteiger partial charge in [0.05, 0.1) is 11.3 Å². The lowest BCUT2D eigenvalue weighted by Gasteiger charge is -2.09. The zero-order valence-corrected chi connectivity index (χ0v) is 13.7. The summed E-state index contributed by atoms with van der Waals surface area (Å²) in [6.45, 7) is -1.36. The van der Waals surface area contributed by atoms with E-state index in [0.29, 0.717) is 17.0 Å². The number of alkyl halides is 3. The molecule has 0 bridgehead atoms. The van der Waals surface area contributed by atoms with E-state index < -0.39 is 12.7 Å². The first-order valence-electron chi connectivity index (χ1n) is 7.61. The summed E-state index contributed by atoms with van der Waals surface area (Å²) in [5.74, 6) is 0.706. The number of aromatic nitrogens is 4. The molecule has 3 aromatic rings. The van der Waals surface area contributed by atoms with Crippen molar-refractivity contribution in [2.24, 2.45) is 7.05 Å². The van der Waals surface area contributed by atoms with Crippen molar-refractivity contribution in [2.45, 2.75) is 19.3 Å². The van der Waals surface area contributed by atoms with E-state index in [0.717, 1.165) is 4.68 Å². The number of benzene rings is 1. The van der Waals surface area contributed by atoms with Crippen molar-refractivity contribution in [3.05, 3.63) is 54.0 Å². The number of nitrogens with zero attached hydrogens (tertiary/aromatic N) is 5. The van der Waals surface area contributed by atoms with E-state index >= 15 is 0 Å². The van der Waals surface area contributed by atoms with Crippen LogP contribution in [-0.4, -0.2) is 25.5 Å². The highest BCUT2D eigenvalue weighted by atomic mass is 19.4. The van der Waals surface area contributed by atoms with Gasteiger partial charge < -0.3 is 9.30 Å². The summed E-state index contributed by atoms with van der Waals surface area (Å²) < 4.78 is 46.5. The second-order valence-electron chi connectivity index (χ2n) is 5.56. The summed E-state index contributed by atoms with van der Waals surface area (Å²) in [4.78, 5) is 4.18. The largest absolute Gasteiger partial charge is 0.486 e. The maximum Gasteiger partial charge on any atom is 0.408 e. The van der Waals surface area contributed by atoms with Crippen LogP contribution in [0.5, 0.6) is 5.75 Å². The van der Waals surface area contributed by atoms with E-state index in [-0.39, 0.29) is 18.3 Å². The molecule has 0 unspecified atom stereocenters. The first-order valence-corrected chi connectivity index (χ1v) is 7.61. The maximum absolute atomic E-state index is 12.9. The zero-order valence-electron chi connectivity index (χ0n) is 13.7. The molecule has 0 spiro atoms. The first kappa shape index (κ1) is 17.5. The van der Waals surface area contributed by atoms with E-state index in [2.05, 4.69) is 10.1 Å². The Balaban J connectivity index is 1.92. The third-order valence-electron chi connectivity index (χ3n) is 3.52. The lowest BCUT2D eigenvalue weighted by molar-refractivity contribution is -0.142. The Hall–Kier alpha value is -3.28. The number of nitriles is 1. The number of rotatable bonds is 5. The molecule has 0 amide bonds. The van der Waals surface area contributed by atoms with E-state index in [1.165, 1.54) is 16.8 Å². The molecule has 2 heterocycles. The first-order chi connectivity index (χ1) is 12.4. The molecule has 6 nitrogen and oxygen atoms in total. The SMILES string of the molecule is Cn1cc(C#N)cc1-c1nc(COc2ccccc2)nn1CC(F)(F)F. The summed E-state index contributed by atoms with van der Waals surface area (Å²) in [5, 5.41) is 12.9. The predicted molar refractivity (Wildman–Crippen MR) is 86.0 cm³/mol. The normalized spacial score (nSPS) is 11.3. The highest BCUT2D eigenvalue weighted by Gasteiger charge is 2.31. The van der Waals surface area contributed by atoms with Gasteiger partial charge in [-0.2, -0.15) is 23.5 Å². The summed E-state index contributed by atoms with van der Waals surface area (Å²) in [5.41, 5.74) is 0.690. The molecule has 0 saturated heterocycles. The highest BCUT2D eigenvalue weighted by Crippen LogP contribution is 2.24. The van der Waals surface area contributed by atoms with Gasteiger partial charge in [0.15, 0.2) is 11.6 Å². The average molecular weight is 361 g/mol. The average Bonchev–Trinajstić information content (AvgIpc) is 3.15. The summed E-state index contributed by atoms with van der Waals surface area (Å²) in [7, 11) is 1.63. The fraction of sp³-hybridized carbons (Fsp3) is 0.235. The van der Waals surface area contributed by atoms with Crippen LogP contribution < -0.4 is 4.74 Å². The zero-order chi connectivity index (χ0) is 18.7. The third-order valence-corrected chi connectivity index (χ3v) is 3.52. The number of ether oxygens (including phenoxy) is 1. The van der Waals surface area contributed by atoms with Crippen LogP contribution in [0.15, 0.2) is 42.6 Å². The lowest BCUT2D eigenvalue weighted by atomic mass is 10.3. The molecule has 1 aromatic carbocycles. The van der Waals surface area contributed by atoms with Gasteiger partial charge in [-0.1, -0.05) is 18.2 Å².